The standard InChI is InChI=1S/C23H39NO5S/c1-21(25)29-23(17-16-22-13-7-6-8-14-22)15-9-4-5-10-18-24(2,3)19-11-12-20-30(26,27)28/h6-8,13-14,23H,4-5,9-12,15-20H2,1-3H3. The van der Waals surface area contributed by atoms with Gasteiger partial charge in [0.05, 0.1) is 37.3 Å². The van der Waals surface area contributed by atoms with Crippen molar-refractivity contribution in [2.24, 2.45) is 0 Å². The van der Waals surface area contributed by atoms with E-state index in [1.165, 1.54) is 12.5 Å². The molecule has 0 saturated carbocycles. The highest BCUT2D eigenvalue weighted by atomic mass is 32.2. The molecule has 172 valence electrons. The first-order valence-corrected chi connectivity index (χ1v) is 12.6. The van der Waals surface area contributed by atoms with Crippen LogP contribution in [0.25, 0.3) is 0 Å². The predicted molar refractivity (Wildman–Crippen MR) is 119 cm³/mol. The van der Waals surface area contributed by atoms with Crippen LogP contribution in [0.1, 0.15) is 63.9 Å². The molecule has 0 bridgehead atoms. The number of carbonyl (C=O) groups excluding carboxylic acids is 1. The predicted octanol–water partition coefficient (Wildman–Crippen LogP) is 3.90. The highest BCUT2D eigenvalue weighted by Gasteiger charge is 2.15. The van der Waals surface area contributed by atoms with E-state index in [0.717, 1.165) is 68.9 Å². The molecule has 0 heterocycles. The summed E-state index contributed by atoms with van der Waals surface area (Å²) in [5.74, 6) is -0.474. The molecule has 0 aliphatic heterocycles. The van der Waals surface area contributed by atoms with Gasteiger partial charge in [-0.2, -0.15) is 0 Å². The van der Waals surface area contributed by atoms with Crippen molar-refractivity contribution in [3.05, 3.63) is 35.9 Å². The number of carbonyl (C=O) groups is 1. The highest BCUT2D eigenvalue weighted by molar-refractivity contribution is 7.85. The second-order valence-corrected chi connectivity index (χ2v) is 10.3. The van der Waals surface area contributed by atoms with E-state index < -0.39 is 10.1 Å². The molecule has 1 aromatic rings. The van der Waals surface area contributed by atoms with Crippen LogP contribution in [0.4, 0.5) is 0 Å². The monoisotopic (exact) mass is 441 g/mol. The molecule has 30 heavy (non-hydrogen) atoms. The van der Waals surface area contributed by atoms with Crippen LogP contribution in [0.5, 0.6) is 0 Å². The van der Waals surface area contributed by atoms with Crippen molar-refractivity contribution in [3.8, 4) is 0 Å². The lowest BCUT2D eigenvalue weighted by atomic mass is 10.0. The van der Waals surface area contributed by atoms with E-state index in [1.54, 1.807) is 0 Å². The minimum absolute atomic E-state index is 0.0211. The molecule has 1 atom stereocenters. The summed E-state index contributed by atoms with van der Waals surface area (Å²) in [6.07, 6.45) is 8.22. The van der Waals surface area contributed by atoms with Gasteiger partial charge in [0.25, 0.3) is 0 Å². The minimum Gasteiger partial charge on any atom is -0.748 e. The first-order chi connectivity index (χ1) is 14.1. The van der Waals surface area contributed by atoms with Gasteiger partial charge in [-0.25, -0.2) is 8.42 Å². The van der Waals surface area contributed by atoms with E-state index in [9.17, 15) is 17.8 Å². The fourth-order valence-corrected chi connectivity index (χ4v) is 4.22. The third-order valence-corrected chi connectivity index (χ3v) is 6.17. The van der Waals surface area contributed by atoms with Gasteiger partial charge in [-0.3, -0.25) is 4.79 Å². The molecule has 0 N–H and O–H groups in total. The average molecular weight is 442 g/mol. The summed E-state index contributed by atoms with van der Waals surface area (Å²) >= 11 is 0. The van der Waals surface area contributed by atoms with Crippen LogP contribution in [-0.2, 0) is 26.1 Å². The summed E-state index contributed by atoms with van der Waals surface area (Å²) in [5, 5.41) is 0. The van der Waals surface area contributed by atoms with Crippen LogP contribution in [0.2, 0.25) is 0 Å². The Morgan fingerprint density at radius 3 is 2.17 bits per heavy atom. The minimum atomic E-state index is -4.09. The fraction of sp³-hybridized carbons (Fsp3) is 0.696. The molecule has 1 unspecified atom stereocenters. The quantitative estimate of drug-likeness (QED) is 0.168. The largest absolute Gasteiger partial charge is 0.748 e. The summed E-state index contributed by atoms with van der Waals surface area (Å²) in [4.78, 5) is 11.4. The van der Waals surface area contributed by atoms with Crippen LogP contribution >= 0.6 is 0 Å². The number of nitrogens with zero attached hydrogens (tertiary/aromatic N) is 1. The zero-order valence-electron chi connectivity index (χ0n) is 18.8. The normalized spacial score (nSPS) is 13.2. The second-order valence-electron chi connectivity index (χ2n) is 8.81. The Balaban J connectivity index is 2.20. The number of esters is 1. The van der Waals surface area contributed by atoms with Crippen LogP contribution in [-0.4, -0.2) is 62.5 Å². The van der Waals surface area contributed by atoms with Crippen LogP contribution in [0.3, 0.4) is 0 Å². The van der Waals surface area contributed by atoms with E-state index >= 15 is 0 Å². The Kier molecular flexibility index (Phi) is 12.2. The van der Waals surface area contributed by atoms with Crippen molar-refractivity contribution in [2.45, 2.75) is 70.8 Å². The zero-order valence-corrected chi connectivity index (χ0v) is 19.7. The molecule has 0 saturated heterocycles. The molecule has 1 rings (SSSR count). The molecule has 0 aliphatic carbocycles. The van der Waals surface area contributed by atoms with Crippen molar-refractivity contribution in [3.63, 3.8) is 0 Å². The Bertz CT molecular complexity index is 704. The SMILES string of the molecule is CC(=O)OC(CCCCCC[N+](C)(C)CCCCS(=O)(=O)[O-])CCc1ccccc1. The summed E-state index contributed by atoms with van der Waals surface area (Å²) < 4.78 is 38.3. The van der Waals surface area contributed by atoms with Crippen molar-refractivity contribution in [2.75, 3.05) is 32.9 Å². The lowest BCUT2D eigenvalue weighted by molar-refractivity contribution is -0.890. The highest BCUT2D eigenvalue weighted by Crippen LogP contribution is 2.16. The maximum Gasteiger partial charge on any atom is 0.302 e. The van der Waals surface area contributed by atoms with Gasteiger partial charge in [0, 0.05) is 12.7 Å². The molecule has 0 amide bonds. The first-order valence-electron chi connectivity index (χ1n) is 11.0. The summed E-state index contributed by atoms with van der Waals surface area (Å²) in [7, 11) is 0.197. The molecular weight excluding hydrogens is 402 g/mol. The molecule has 0 aromatic heterocycles. The topological polar surface area (TPSA) is 83.5 Å². The third-order valence-electron chi connectivity index (χ3n) is 5.38. The molecule has 0 spiro atoms. The number of ether oxygens (including phenoxy) is 1. The van der Waals surface area contributed by atoms with E-state index in [-0.39, 0.29) is 17.8 Å². The first kappa shape index (κ1) is 26.6. The van der Waals surface area contributed by atoms with Gasteiger partial charge in [-0.05, 0) is 56.9 Å². The van der Waals surface area contributed by atoms with Gasteiger partial charge in [0.1, 0.15) is 6.10 Å². The third kappa shape index (κ3) is 14.5. The maximum absolute atomic E-state index is 11.4. The number of rotatable bonds is 16. The van der Waals surface area contributed by atoms with Crippen LogP contribution < -0.4 is 0 Å². The van der Waals surface area contributed by atoms with E-state index in [0.29, 0.717) is 6.42 Å². The second kappa shape index (κ2) is 13.8. The van der Waals surface area contributed by atoms with Gasteiger partial charge >= 0.3 is 5.97 Å². The number of hydrogen-bond acceptors (Lipinski definition) is 5. The van der Waals surface area contributed by atoms with Gasteiger partial charge in [0.2, 0.25) is 0 Å². The van der Waals surface area contributed by atoms with Gasteiger partial charge in [-0.1, -0.05) is 36.8 Å². The molecule has 6 nitrogen and oxygen atoms in total. The number of quaternary nitrogens is 1. The van der Waals surface area contributed by atoms with Crippen LogP contribution in [0, 0.1) is 0 Å². The fourth-order valence-electron chi connectivity index (χ4n) is 3.67. The van der Waals surface area contributed by atoms with Crippen molar-refractivity contribution < 1.29 is 27.0 Å². The lowest BCUT2D eigenvalue weighted by Gasteiger charge is -2.30. The Morgan fingerprint density at radius 2 is 1.57 bits per heavy atom. The van der Waals surface area contributed by atoms with Gasteiger partial charge in [0.15, 0.2) is 0 Å². The molecule has 1 aromatic carbocycles. The molecule has 0 radical (unpaired) electrons. The number of hydrogen-bond donors (Lipinski definition) is 0. The van der Waals surface area contributed by atoms with E-state index in [4.69, 9.17) is 4.74 Å². The number of benzene rings is 1. The molecule has 0 fully saturated rings. The maximum atomic E-state index is 11.4. The number of aryl methyl sites for hydroxylation is 1. The lowest BCUT2D eigenvalue weighted by Crippen LogP contribution is -2.41. The van der Waals surface area contributed by atoms with E-state index in [1.807, 2.05) is 18.2 Å². The Labute approximate surface area is 183 Å². The molecule has 7 heteroatoms. The molecule has 0 aliphatic rings. The summed E-state index contributed by atoms with van der Waals surface area (Å²) in [6, 6.07) is 10.3. The molecular formula is C23H39NO5S. The van der Waals surface area contributed by atoms with Gasteiger partial charge < -0.3 is 13.8 Å². The number of unbranched alkanes of at least 4 members (excludes halogenated alkanes) is 4. The summed E-state index contributed by atoms with van der Waals surface area (Å²) in [6.45, 7) is 3.39. The van der Waals surface area contributed by atoms with Crippen molar-refractivity contribution >= 4 is 16.1 Å². The smallest absolute Gasteiger partial charge is 0.302 e. The van der Waals surface area contributed by atoms with E-state index in [2.05, 4.69) is 26.2 Å². The average Bonchev–Trinajstić information content (AvgIpc) is 2.65. The van der Waals surface area contributed by atoms with Crippen molar-refractivity contribution in [1.29, 1.82) is 0 Å². The summed E-state index contributed by atoms with van der Waals surface area (Å²) in [5.41, 5.74) is 1.27. The van der Waals surface area contributed by atoms with Crippen molar-refractivity contribution in [1.82, 2.24) is 0 Å². The Morgan fingerprint density at radius 1 is 0.967 bits per heavy atom. The van der Waals surface area contributed by atoms with Crippen LogP contribution in [0.15, 0.2) is 30.3 Å². The Hall–Kier alpha value is -1.44. The van der Waals surface area contributed by atoms with Gasteiger partial charge in [-0.15, -0.1) is 0 Å². The zero-order chi connectivity index (χ0) is 22.5.